The Bertz CT molecular complexity index is 615. The number of anilines is 1. The Morgan fingerprint density at radius 2 is 2.10 bits per heavy atom. The summed E-state index contributed by atoms with van der Waals surface area (Å²) in [6.07, 6.45) is 1.72. The van der Waals surface area contributed by atoms with Crippen LogP contribution in [-0.2, 0) is 6.54 Å². The highest BCUT2D eigenvalue weighted by Crippen LogP contribution is 2.24. The zero-order valence-electron chi connectivity index (χ0n) is 10.9. The second kappa shape index (κ2) is 5.14. The molecule has 0 bridgehead atoms. The zero-order chi connectivity index (χ0) is 14.1. The SMILES string of the molecule is Cc1ncc2c(n1)NC(c1ccc([NH+]([O-])O)cc1)NC2. The molecule has 4 N–H and O–H groups in total. The van der Waals surface area contributed by atoms with Crippen LogP contribution in [-0.4, -0.2) is 15.2 Å². The average molecular weight is 273 g/mol. The van der Waals surface area contributed by atoms with Gasteiger partial charge in [-0.3, -0.25) is 5.32 Å². The largest absolute Gasteiger partial charge is 0.595 e. The van der Waals surface area contributed by atoms with Gasteiger partial charge in [0.05, 0.1) is 0 Å². The molecule has 0 radical (unpaired) electrons. The molecular formula is C13H15N5O2. The van der Waals surface area contributed by atoms with Gasteiger partial charge in [-0.15, -0.1) is 0 Å². The third-order valence-corrected chi connectivity index (χ3v) is 3.25. The summed E-state index contributed by atoms with van der Waals surface area (Å²) in [5.74, 6) is 1.54. The van der Waals surface area contributed by atoms with E-state index in [2.05, 4.69) is 20.6 Å². The van der Waals surface area contributed by atoms with E-state index in [0.29, 0.717) is 6.54 Å². The van der Waals surface area contributed by atoms with E-state index < -0.39 is 5.23 Å². The number of fused-ring (bicyclic) bond motifs is 1. The van der Waals surface area contributed by atoms with Crippen LogP contribution in [0.25, 0.3) is 0 Å². The number of nitrogens with one attached hydrogen (secondary N) is 3. The van der Waals surface area contributed by atoms with Crippen molar-refractivity contribution in [3.8, 4) is 0 Å². The smallest absolute Gasteiger partial charge is 0.163 e. The first-order chi connectivity index (χ1) is 9.63. The maximum absolute atomic E-state index is 10.8. The Morgan fingerprint density at radius 1 is 1.35 bits per heavy atom. The van der Waals surface area contributed by atoms with Crippen LogP contribution in [0.5, 0.6) is 0 Å². The van der Waals surface area contributed by atoms with Gasteiger partial charge in [-0.05, 0) is 24.6 Å². The minimum absolute atomic E-state index is 0.0837. The fraction of sp³-hybridized carbons (Fsp3) is 0.231. The monoisotopic (exact) mass is 273 g/mol. The molecule has 0 aliphatic carbocycles. The van der Waals surface area contributed by atoms with Gasteiger partial charge in [0.1, 0.15) is 17.8 Å². The van der Waals surface area contributed by atoms with Crippen LogP contribution in [0.3, 0.4) is 0 Å². The predicted molar refractivity (Wildman–Crippen MR) is 72.2 cm³/mol. The van der Waals surface area contributed by atoms with Crippen molar-refractivity contribution in [2.45, 2.75) is 19.6 Å². The van der Waals surface area contributed by atoms with E-state index in [9.17, 15) is 5.21 Å². The van der Waals surface area contributed by atoms with Crippen molar-refractivity contribution < 1.29 is 10.4 Å². The van der Waals surface area contributed by atoms with Gasteiger partial charge in [0, 0.05) is 30.4 Å². The summed E-state index contributed by atoms with van der Waals surface area (Å²) >= 11 is 0. The first kappa shape index (κ1) is 12.9. The molecule has 104 valence electrons. The number of aryl methyl sites for hydroxylation is 1. The lowest BCUT2D eigenvalue weighted by Gasteiger charge is -2.27. The summed E-state index contributed by atoms with van der Waals surface area (Å²) in [6.45, 7) is 2.52. The number of rotatable bonds is 2. The summed E-state index contributed by atoms with van der Waals surface area (Å²) in [6, 6.07) is 6.80. The molecule has 2 aromatic rings. The molecule has 2 heterocycles. The van der Waals surface area contributed by atoms with Crippen molar-refractivity contribution in [2.75, 3.05) is 5.32 Å². The highest BCUT2D eigenvalue weighted by atomic mass is 16.8. The van der Waals surface area contributed by atoms with Crippen molar-refractivity contribution in [1.82, 2.24) is 15.3 Å². The quantitative estimate of drug-likeness (QED) is 0.591. The number of benzene rings is 1. The van der Waals surface area contributed by atoms with Gasteiger partial charge in [0.15, 0.2) is 5.69 Å². The third kappa shape index (κ3) is 2.47. The summed E-state index contributed by atoms with van der Waals surface area (Å²) in [4.78, 5) is 8.54. The lowest BCUT2D eigenvalue weighted by molar-refractivity contribution is -0.991. The second-order valence-electron chi connectivity index (χ2n) is 4.68. The average Bonchev–Trinajstić information content (AvgIpc) is 2.46. The molecule has 0 amide bonds. The van der Waals surface area contributed by atoms with Gasteiger partial charge in [-0.1, -0.05) is 0 Å². The number of hydrogen-bond donors (Lipinski definition) is 4. The van der Waals surface area contributed by atoms with E-state index in [0.717, 1.165) is 22.8 Å². The first-order valence-corrected chi connectivity index (χ1v) is 6.29. The van der Waals surface area contributed by atoms with E-state index >= 15 is 0 Å². The normalized spacial score (nSPS) is 19.1. The Balaban J connectivity index is 1.82. The van der Waals surface area contributed by atoms with E-state index in [-0.39, 0.29) is 11.9 Å². The standard InChI is InChI=1S/C13H15N5O2/c1-8-14-6-10-7-15-12(17-13(10)16-8)9-2-4-11(5-3-9)18(19)20/h2-6,12,15,18-19H,7H2,1H3,(H,14,16,17). The molecule has 0 spiro atoms. The van der Waals surface area contributed by atoms with Crippen molar-refractivity contribution in [3.63, 3.8) is 0 Å². The molecule has 2 atom stereocenters. The molecule has 0 saturated heterocycles. The molecular weight excluding hydrogens is 258 g/mol. The Kier molecular flexibility index (Phi) is 3.33. The Morgan fingerprint density at radius 3 is 2.80 bits per heavy atom. The number of quaternary nitrogens is 1. The van der Waals surface area contributed by atoms with Crippen LogP contribution in [0.2, 0.25) is 0 Å². The molecule has 0 fully saturated rings. The van der Waals surface area contributed by atoms with Crippen molar-refractivity contribution in [2.24, 2.45) is 0 Å². The molecule has 3 rings (SSSR count). The summed E-state index contributed by atoms with van der Waals surface area (Å²) < 4.78 is 0. The molecule has 2 unspecified atom stereocenters. The van der Waals surface area contributed by atoms with Crippen molar-refractivity contribution >= 4 is 11.5 Å². The van der Waals surface area contributed by atoms with E-state index in [1.165, 1.54) is 0 Å². The lowest BCUT2D eigenvalue weighted by Crippen LogP contribution is -2.99. The van der Waals surface area contributed by atoms with Gasteiger partial charge >= 0.3 is 0 Å². The lowest BCUT2D eigenvalue weighted by atomic mass is 10.1. The van der Waals surface area contributed by atoms with Crippen molar-refractivity contribution in [3.05, 3.63) is 52.6 Å². The molecule has 1 aliphatic rings. The van der Waals surface area contributed by atoms with Gasteiger partial charge in [-0.2, -0.15) is 5.23 Å². The molecule has 7 nitrogen and oxygen atoms in total. The van der Waals surface area contributed by atoms with Crippen molar-refractivity contribution in [1.29, 1.82) is 0 Å². The van der Waals surface area contributed by atoms with Crippen LogP contribution in [0.1, 0.15) is 23.1 Å². The van der Waals surface area contributed by atoms with Gasteiger partial charge in [-0.25, -0.2) is 15.2 Å². The molecule has 7 heteroatoms. The highest BCUT2D eigenvalue weighted by Gasteiger charge is 2.20. The number of aromatic nitrogens is 2. The van der Waals surface area contributed by atoms with Crippen LogP contribution in [0, 0.1) is 12.1 Å². The van der Waals surface area contributed by atoms with Gasteiger partial charge < -0.3 is 10.5 Å². The minimum Gasteiger partial charge on any atom is -0.595 e. The topological polar surface area (TPSA) is 97.6 Å². The molecule has 1 aromatic carbocycles. The fourth-order valence-electron chi connectivity index (χ4n) is 2.17. The highest BCUT2D eigenvalue weighted by molar-refractivity contribution is 5.48. The zero-order valence-corrected chi connectivity index (χ0v) is 10.9. The third-order valence-electron chi connectivity index (χ3n) is 3.25. The molecule has 20 heavy (non-hydrogen) atoms. The Labute approximate surface area is 115 Å². The maximum Gasteiger partial charge on any atom is 0.163 e. The van der Waals surface area contributed by atoms with Crippen LogP contribution < -0.4 is 15.9 Å². The van der Waals surface area contributed by atoms with Crippen LogP contribution in [0.15, 0.2) is 30.5 Å². The van der Waals surface area contributed by atoms with Gasteiger partial charge in [0.25, 0.3) is 0 Å². The Hall–Kier alpha value is -2.06. The van der Waals surface area contributed by atoms with Crippen LogP contribution in [0.4, 0.5) is 11.5 Å². The number of nitrogens with zero attached hydrogens (tertiary/aromatic N) is 2. The fourth-order valence-corrected chi connectivity index (χ4v) is 2.17. The molecule has 1 aliphatic heterocycles. The minimum atomic E-state index is -0.921. The number of hydrogen-bond acceptors (Lipinski definition) is 6. The summed E-state index contributed by atoms with van der Waals surface area (Å²) in [5, 5.41) is 25.4. The van der Waals surface area contributed by atoms with Gasteiger partial charge in [0.2, 0.25) is 0 Å². The maximum atomic E-state index is 10.8. The van der Waals surface area contributed by atoms with E-state index in [4.69, 9.17) is 5.21 Å². The second-order valence-corrected chi connectivity index (χ2v) is 4.68. The predicted octanol–water partition coefficient (Wildman–Crippen LogP) is 0.402. The van der Waals surface area contributed by atoms with E-state index in [1.54, 1.807) is 30.5 Å². The summed E-state index contributed by atoms with van der Waals surface area (Å²) in [7, 11) is 0. The summed E-state index contributed by atoms with van der Waals surface area (Å²) in [5.41, 5.74) is 2.27. The molecule has 0 saturated carbocycles. The van der Waals surface area contributed by atoms with Crippen LogP contribution >= 0.6 is 0 Å². The van der Waals surface area contributed by atoms with E-state index in [1.807, 2.05) is 6.92 Å². The first-order valence-electron chi connectivity index (χ1n) is 6.29. The molecule has 1 aromatic heterocycles.